The summed E-state index contributed by atoms with van der Waals surface area (Å²) in [5, 5.41) is 8.29. The van der Waals surface area contributed by atoms with E-state index in [2.05, 4.69) is 10.2 Å². The first-order valence-corrected chi connectivity index (χ1v) is 8.24. The van der Waals surface area contributed by atoms with Gasteiger partial charge in [0.1, 0.15) is 0 Å². The van der Waals surface area contributed by atoms with Gasteiger partial charge in [0.15, 0.2) is 0 Å². The molecule has 0 bridgehead atoms. The second-order valence-electron chi connectivity index (χ2n) is 6.51. The highest BCUT2D eigenvalue weighted by atomic mass is 16.4. The molecule has 0 unspecified atom stereocenters. The van der Waals surface area contributed by atoms with E-state index in [1.165, 1.54) is 0 Å². The summed E-state index contributed by atoms with van der Waals surface area (Å²) in [6.45, 7) is 7.53. The summed E-state index contributed by atoms with van der Waals surface area (Å²) >= 11 is 0. The summed E-state index contributed by atoms with van der Waals surface area (Å²) in [6.07, 6.45) is 1.74. The number of aromatic nitrogens is 2. The summed E-state index contributed by atoms with van der Waals surface area (Å²) < 4.78 is 5.76. The first-order valence-electron chi connectivity index (χ1n) is 8.24. The minimum atomic E-state index is 0.120. The van der Waals surface area contributed by atoms with Gasteiger partial charge in [-0.05, 0) is 31.4 Å². The van der Waals surface area contributed by atoms with Crippen molar-refractivity contribution in [3.8, 4) is 0 Å². The summed E-state index contributed by atoms with van der Waals surface area (Å²) in [5.41, 5.74) is 1.82. The van der Waals surface area contributed by atoms with E-state index in [0.29, 0.717) is 5.89 Å². The molecule has 5 nitrogen and oxygen atoms in total. The average molecular weight is 313 g/mol. The zero-order valence-electron chi connectivity index (χ0n) is 14.0. The molecule has 1 saturated heterocycles. The standard InChI is InChI=1S/C18H23N3O2/c1-12(2)16-19-20-17(23-16)14-8-10-21(11-9-14)18(22)15-7-5-4-6-13(15)3/h4-7,12,14H,8-11H2,1-3H3. The lowest BCUT2D eigenvalue weighted by atomic mass is 9.96. The second-order valence-corrected chi connectivity index (χ2v) is 6.51. The zero-order chi connectivity index (χ0) is 16.4. The molecular weight excluding hydrogens is 290 g/mol. The lowest BCUT2D eigenvalue weighted by Crippen LogP contribution is -2.38. The van der Waals surface area contributed by atoms with E-state index in [4.69, 9.17) is 4.42 Å². The summed E-state index contributed by atoms with van der Waals surface area (Å²) in [7, 11) is 0. The largest absolute Gasteiger partial charge is 0.425 e. The minimum Gasteiger partial charge on any atom is -0.425 e. The fraction of sp³-hybridized carbons (Fsp3) is 0.500. The van der Waals surface area contributed by atoms with E-state index in [0.717, 1.165) is 42.9 Å². The van der Waals surface area contributed by atoms with Gasteiger partial charge in [-0.1, -0.05) is 32.0 Å². The quantitative estimate of drug-likeness (QED) is 0.870. The number of carbonyl (C=O) groups is 1. The lowest BCUT2D eigenvalue weighted by molar-refractivity contribution is 0.0705. The number of amides is 1. The van der Waals surface area contributed by atoms with Crippen LogP contribution in [0.2, 0.25) is 0 Å². The number of benzene rings is 1. The molecule has 2 heterocycles. The molecule has 122 valence electrons. The SMILES string of the molecule is Cc1ccccc1C(=O)N1CCC(c2nnc(C(C)C)o2)CC1. The maximum Gasteiger partial charge on any atom is 0.254 e. The van der Waals surface area contributed by atoms with Gasteiger partial charge in [0.2, 0.25) is 11.8 Å². The van der Waals surface area contributed by atoms with Gasteiger partial charge in [-0.25, -0.2) is 0 Å². The van der Waals surface area contributed by atoms with Gasteiger partial charge in [0, 0.05) is 30.5 Å². The number of carbonyl (C=O) groups excluding carboxylic acids is 1. The van der Waals surface area contributed by atoms with Crippen molar-refractivity contribution >= 4 is 5.91 Å². The minimum absolute atomic E-state index is 0.120. The monoisotopic (exact) mass is 313 g/mol. The predicted octanol–water partition coefficient (Wildman–Crippen LogP) is 3.52. The van der Waals surface area contributed by atoms with Crippen LogP contribution in [0.5, 0.6) is 0 Å². The topological polar surface area (TPSA) is 59.2 Å². The van der Waals surface area contributed by atoms with E-state index >= 15 is 0 Å². The molecule has 1 fully saturated rings. The van der Waals surface area contributed by atoms with Crippen molar-refractivity contribution in [2.75, 3.05) is 13.1 Å². The third-order valence-corrected chi connectivity index (χ3v) is 4.46. The molecular formula is C18H23N3O2. The van der Waals surface area contributed by atoms with Gasteiger partial charge in [-0.3, -0.25) is 4.79 Å². The summed E-state index contributed by atoms with van der Waals surface area (Å²) in [5.74, 6) is 2.04. The molecule has 0 spiro atoms. The van der Waals surface area contributed by atoms with Crippen LogP contribution in [-0.4, -0.2) is 34.1 Å². The Hall–Kier alpha value is -2.17. The van der Waals surface area contributed by atoms with Crippen LogP contribution in [0, 0.1) is 6.92 Å². The van der Waals surface area contributed by atoms with E-state index in [1.54, 1.807) is 0 Å². The highest BCUT2D eigenvalue weighted by molar-refractivity contribution is 5.95. The van der Waals surface area contributed by atoms with Gasteiger partial charge < -0.3 is 9.32 Å². The molecule has 3 rings (SSSR count). The average Bonchev–Trinajstić information content (AvgIpc) is 3.05. The molecule has 0 N–H and O–H groups in total. The van der Waals surface area contributed by atoms with Crippen molar-refractivity contribution in [2.45, 2.75) is 45.4 Å². The van der Waals surface area contributed by atoms with Crippen LogP contribution in [0.4, 0.5) is 0 Å². The van der Waals surface area contributed by atoms with Crippen LogP contribution in [0.3, 0.4) is 0 Å². The maximum atomic E-state index is 12.6. The molecule has 23 heavy (non-hydrogen) atoms. The Bertz CT molecular complexity index is 685. The summed E-state index contributed by atoms with van der Waals surface area (Å²) in [4.78, 5) is 14.6. The van der Waals surface area contributed by atoms with Gasteiger partial charge in [-0.2, -0.15) is 0 Å². The Balaban J connectivity index is 1.64. The van der Waals surface area contributed by atoms with E-state index in [9.17, 15) is 4.79 Å². The molecule has 0 saturated carbocycles. The van der Waals surface area contributed by atoms with E-state index < -0.39 is 0 Å². The molecule has 1 aliphatic heterocycles. The molecule has 1 aromatic heterocycles. The molecule has 1 aliphatic rings. The highest BCUT2D eigenvalue weighted by Gasteiger charge is 2.28. The number of hydrogen-bond acceptors (Lipinski definition) is 4. The number of piperidine rings is 1. The Morgan fingerprint density at radius 2 is 1.91 bits per heavy atom. The molecule has 1 amide bonds. The summed E-state index contributed by atoms with van der Waals surface area (Å²) in [6, 6.07) is 7.75. The molecule has 5 heteroatoms. The van der Waals surface area contributed by atoms with Crippen molar-refractivity contribution in [1.82, 2.24) is 15.1 Å². The van der Waals surface area contributed by atoms with Gasteiger partial charge in [0.25, 0.3) is 5.91 Å². The molecule has 2 aromatic rings. The first kappa shape index (κ1) is 15.7. The Labute approximate surface area is 136 Å². The highest BCUT2D eigenvalue weighted by Crippen LogP contribution is 2.29. The fourth-order valence-corrected chi connectivity index (χ4v) is 2.96. The van der Waals surface area contributed by atoms with Crippen molar-refractivity contribution < 1.29 is 9.21 Å². The lowest BCUT2D eigenvalue weighted by Gasteiger charge is -2.30. The number of rotatable bonds is 3. The third-order valence-electron chi connectivity index (χ3n) is 4.46. The Morgan fingerprint density at radius 1 is 1.22 bits per heavy atom. The number of nitrogens with zero attached hydrogens (tertiary/aromatic N) is 3. The molecule has 0 atom stereocenters. The molecule has 0 radical (unpaired) electrons. The predicted molar refractivity (Wildman–Crippen MR) is 87.4 cm³/mol. The smallest absolute Gasteiger partial charge is 0.254 e. The maximum absolute atomic E-state index is 12.6. The third kappa shape index (κ3) is 3.28. The van der Waals surface area contributed by atoms with E-state index in [1.807, 2.05) is 49.9 Å². The number of aryl methyl sites for hydroxylation is 1. The number of hydrogen-bond donors (Lipinski definition) is 0. The van der Waals surface area contributed by atoms with Crippen molar-refractivity contribution in [2.24, 2.45) is 0 Å². The normalized spacial score (nSPS) is 16.1. The Kier molecular flexibility index (Phi) is 4.46. The van der Waals surface area contributed by atoms with Crippen LogP contribution < -0.4 is 0 Å². The van der Waals surface area contributed by atoms with Crippen LogP contribution in [-0.2, 0) is 0 Å². The zero-order valence-corrected chi connectivity index (χ0v) is 14.0. The Morgan fingerprint density at radius 3 is 2.52 bits per heavy atom. The fourth-order valence-electron chi connectivity index (χ4n) is 2.96. The van der Waals surface area contributed by atoms with Gasteiger partial charge in [0.05, 0.1) is 0 Å². The van der Waals surface area contributed by atoms with Crippen LogP contribution in [0.15, 0.2) is 28.7 Å². The van der Waals surface area contributed by atoms with E-state index in [-0.39, 0.29) is 17.7 Å². The molecule has 1 aromatic carbocycles. The molecule has 0 aliphatic carbocycles. The van der Waals surface area contributed by atoms with Crippen LogP contribution in [0.1, 0.15) is 66.2 Å². The van der Waals surface area contributed by atoms with Crippen LogP contribution in [0.25, 0.3) is 0 Å². The van der Waals surface area contributed by atoms with Gasteiger partial charge >= 0.3 is 0 Å². The second kappa shape index (κ2) is 6.52. The number of likely N-dealkylation sites (tertiary alicyclic amines) is 1. The van der Waals surface area contributed by atoms with Crippen molar-refractivity contribution in [1.29, 1.82) is 0 Å². The van der Waals surface area contributed by atoms with Gasteiger partial charge in [-0.15, -0.1) is 10.2 Å². The first-order chi connectivity index (χ1) is 11.1. The van der Waals surface area contributed by atoms with Crippen molar-refractivity contribution in [3.05, 3.63) is 47.2 Å². The van der Waals surface area contributed by atoms with Crippen molar-refractivity contribution in [3.63, 3.8) is 0 Å². The van der Waals surface area contributed by atoms with Crippen LogP contribution >= 0.6 is 0 Å².